The van der Waals surface area contributed by atoms with Crippen molar-refractivity contribution in [2.75, 3.05) is 11.9 Å². The molecule has 0 saturated heterocycles. The lowest BCUT2D eigenvalue weighted by molar-refractivity contribution is -0.168. The molecule has 2 aromatic carbocycles. The van der Waals surface area contributed by atoms with Crippen LogP contribution in [0.4, 0.5) is 23.2 Å². The van der Waals surface area contributed by atoms with E-state index in [0.29, 0.717) is 16.8 Å². The van der Waals surface area contributed by atoms with Gasteiger partial charge in [0.1, 0.15) is 6.61 Å². The standard InChI is InChI=1S/C20H17F4N3O2/c21-19(22)20(23,24)12-29-11-14-3-1-5-16(9-14)26-18(28)15-4-2-6-17(10-15)27-8-7-25-13-27/h1-10,13,19H,11-12H2,(H,26,28). The van der Waals surface area contributed by atoms with Crippen LogP contribution in [0.2, 0.25) is 0 Å². The van der Waals surface area contributed by atoms with Crippen LogP contribution in [0, 0.1) is 0 Å². The number of amides is 1. The fraction of sp³-hybridized carbons (Fsp3) is 0.200. The molecule has 1 amide bonds. The normalized spacial score (nSPS) is 11.6. The van der Waals surface area contributed by atoms with Crippen LogP contribution in [0.3, 0.4) is 0 Å². The first-order chi connectivity index (χ1) is 13.8. The summed E-state index contributed by atoms with van der Waals surface area (Å²) < 4.78 is 56.5. The van der Waals surface area contributed by atoms with Gasteiger partial charge in [0.15, 0.2) is 0 Å². The Hall–Kier alpha value is -3.20. The molecule has 0 saturated carbocycles. The summed E-state index contributed by atoms with van der Waals surface area (Å²) in [5, 5.41) is 2.71. The topological polar surface area (TPSA) is 56.1 Å². The van der Waals surface area contributed by atoms with Gasteiger partial charge in [0, 0.05) is 29.3 Å². The Bertz CT molecular complexity index is 962. The van der Waals surface area contributed by atoms with Gasteiger partial charge >= 0.3 is 12.3 Å². The Labute approximate surface area is 163 Å². The van der Waals surface area contributed by atoms with Gasteiger partial charge in [-0.05, 0) is 35.9 Å². The van der Waals surface area contributed by atoms with Gasteiger partial charge in [-0.15, -0.1) is 0 Å². The van der Waals surface area contributed by atoms with Gasteiger partial charge in [-0.1, -0.05) is 18.2 Å². The summed E-state index contributed by atoms with van der Waals surface area (Å²) in [6.45, 7) is -1.68. The van der Waals surface area contributed by atoms with Gasteiger partial charge in [0.05, 0.1) is 12.9 Å². The number of alkyl halides is 4. The molecule has 3 aromatic rings. The number of benzene rings is 2. The Kier molecular flexibility index (Phi) is 6.28. The second-order valence-corrected chi connectivity index (χ2v) is 6.23. The van der Waals surface area contributed by atoms with Crippen LogP contribution in [0.1, 0.15) is 15.9 Å². The molecule has 0 fully saturated rings. The lowest BCUT2D eigenvalue weighted by Gasteiger charge is -2.15. The van der Waals surface area contributed by atoms with Crippen molar-refractivity contribution in [1.82, 2.24) is 9.55 Å². The number of ether oxygens (including phenoxy) is 1. The van der Waals surface area contributed by atoms with Crippen LogP contribution in [0.5, 0.6) is 0 Å². The molecule has 1 N–H and O–H groups in total. The monoisotopic (exact) mass is 407 g/mol. The van der Waals surface area contributed by atoms with Crippen LogP contribution in [-0.4, -0.2) is 34.4 Å². The molecule has 0 spiro atoms. The maximum absolute atomic E-state index is 12.9. The van der Waals surface area contributed by atoms with E-state index in [1.165, 1.54) is 6.07 Å². The molecule has 0 unspecified atom stereocenters. The molecule has 29 heavy (non-hydrogen) atoms. The van der Waals surface area contributed by atoms with Gasteiger partial charge in [0.2, 0.25) is 0 Å². The molecule has 0 aliphatic rings. The lowest BCUT2D eigenvalue weighted by Crippen LogP contribution is -2.32. The van der Waals surface area contributed by atoms with Gasteiger partial charge in [-0.2, -0.15) is 8.78 Å². The third kappa shape index (κ3) is 5.41. The zero-order chi connectivity index (χ0) is 20.9. The quantitative estimate of drug-likeness (QED) is 0.558. The second-order valence-electron chi connectivity index (χ2n) is 6.23. The van der Waals surface area contributed by atoms with Gasteiger partial charge < -0.3 is 14.6 Å². The van der Waals surface area contributed by atoms with Crippen molar-refractivity contribution in [3.05, 3.63) is 78.4 Å². The highest BCUT2D eigenvalue weighted by Crippen LogP contribution is 2.23. The van der Waals surface area contributed by atoms with E-state index in [1.54, 1.807) is 59.7 Å². The van der Waals surface area contributed by atoms with Crippen molar-refractivity contribution < 1.29 is 27.1 Å². The van der Waals surface area contributed by atoms with Gasteiger partial charge in [-0.25, -0.2) is 13.8 Å². The molecule has 0 aliphatic carbocycles. The van der Waals surface area contributed by atoms with E-state index in [2.05, 4.69) is 10.3 Å². The first-order valence-electron chi connectivity index (χ1n) is 8.57. The number of anilines is 1. The summed E-state index contributed by atoms with van der Waals surface area (Å²) in [7, 11) is 0. The van der Waals surface area contributed by atoms with E-state index in [0.717, 1.165) is 5.69 Å². The summed E-state index contributed by atoms with van der Waals surface area (Å²) in [6.07, 6.45) is 1.19. The number of hydrogen-bond acceptors (Lipinski definition) is 3. The summed E-state index contributed by atoms with van der Waals surface area (Å²) >= 11 is 0. The van der Waals surface area contributed by atoms with Crippen molar-refractivity contribution in [3.8, 4) is 5.69 Å². The molecule has 0 aliphatic heterocycles. The van der Waals surface area contributed by atoms with Crippen LogP contribution in [0.25, 0.3) is 5.69 Å². The Morgan fingerprint density at radius 3 is 2.69 bits per heavy atom. The van der Waals surface area contributed by atoms with Crippen molar-refractivity contribution in [2.24, 2.45) is 0 Å². The van der Waals surface area contributed by atoms with E-state index in [-0.39, 0.29) is 12.5 Å². The molecule has 1 aromatic heterocycles. The zero-order valence-corrected chi connectivity index (χ0v) is 15.1. The Balaban J connectivity index is 1.63. The minimum Gasteiger partial charge on any atom is -0.370 e. The number of nitrogens with zero attached hydrogens (tertiary/aromatic N) is 2. The number of aromatic nitrogens is 2. The molecule has 0 atom stereocenters. The third-order valence-corrected chi connectivity index (χ3v) is 3.98. The lowest BCUT2D eigenvalue weighted by atomic mass is 10.1. The number of carbonyl (C=O) groups is 1. The van der Waals surface area contributed by atoms with Gasteiger partial charge in [-0.3, -0.25) is 4.79 Å². The molecular formula is C20H17F4N3O2. The average molecular weight is 407 g/mol. The number of imidazole rings is 1. The largest absolute Gasteiger partial charge is 0.370 e. The number of nitrogens with one attached hydrogen (secondary N) is 1. The van der Waals surface area contributed by atoms with E-state index < -0.39 is 19.0 Å². The molecule has 5 nitrogen and oxygen atoms in total. The maximum atomic E-state index is 12.9. The highest BCUT2D eigenvalue weighted by atomic mass is 19.3. The second kappa shape index (κ2) is 8.87. The predicted molar refractivity (Wildman–Crippen MR) is 98.6 cm³/mol. The zero-order valence-electron chi connectivity index (χ0n) is 15.1. The van der Waals surface area contributed by atoms with Crippen LogP contribution >= 0.6 is 0 Å². The van der Waals surface area contributed by atoms with Crippen molar-refractivity contribution >= 4 is 11.6 Å². The fourth-order valence-corrected chi connectivity index (χ4v) is 2.53. The number of hydrogen-bond donors (Lipinski definition) is 1. The van der Waals surface area contributed by atoms with Crippen molar-refractivity contribution in [3.63, 3.8) is 0 Å². The summed E-state index contributed by atoms with van der Waals surface area (Å²) in [4.78, 5) is 16.5. The Morgan fingerprint density at radius 2 is 1.97 bits per heavy atom. The molecule has 9 heteroatoms. The van der Waals surface area contributed by atoms with Crippen molar-refractivity contribution in [1.29, 1.82) is 0 Å². The summed E-state index contributed by atoms with van der Waals surface area (Å²) in [6, 6.07) is 13.2. The third-order valence-electron chi connectivity index (χ3n) is 3.98. The average Bonchev–Trinajstić information content (AvgIpc) is 3.23. The molecular weight excluding hydrogens is 390 g/mol. The number of carbonyl (C=O) groups excluding carboxylic acids is 1. The number of halogens is 4. The molecule has 0 bridgehead atoms. The van der Waals surface area contributed by atoms with E-state index in [1.807, 2.05) is 6.07 Å². The van der Waals surface area contributed by atoms with Crippen LogP contribution < -0.4 is 5.32 Å². The fourth-order valence-electron chi connectivity index (χ4n) is 2.53. The maximum Gasteiger partial charge on any atom is 0.330 e. The molecule has 0 radical (unpaired) electrons. The Morgan fingerprint density at radius 1 is 1.17 bits per heavy atom. The highest BCUT2D eigenvalue weighted by molar-refractivity contribution is 6.04. The first kappa shape index (κ1) is 20.5. The summed E-state index contributed by atoms with van der Waals surface area (Å²) in [5.74, 6) is -4.57. The first-order valence-corrected chi connectivity index (χ1v) is 8.57. The molecule has 3 rings (SSSR count). The smallest absolute Gasteiger partial charge is 0.330 e. The highest BCUT2D eigenvalue weighted by Gasteiger charge is 2.40. The minimum atomic E-state index is -4.20. The molecule has 152 valence electrons. The molecule has 1 heterocycles. The van der Waals surface area contributed by atoms with E-state index in [9.17, 15) is 22.4 Å². The van der Waals surface area contributed by atoms with E-state index in [4.69, 9.17) is 4.74 Å². The predicted octanol–water partition coefficient (Wildman–Crippen LogP) is 4.54. The number of rotatable bonds is 8. The van der Waals surface area contributed by atoms with Crippen LogP contribution in [0.15, 0.2) is 67.3 Å². The van der Waals surface area contributed by atoms with Crippen molar-refractivity contribution in [2.45, 2.75) is 19.0 Å². The van der Waals surface area contributed by atoms with Gasteiger partial charge in [0.25, 0.3) is 5.91 Å². The summed E-state index contributed by atoms with van der Waals surface area (Å²) in [5.41, 5.74) is 2.05. The SMILES string of the molecule is O=C(Nc1cccc(COCC(F)(F)C(F)F)c1)c1cccc(-n2ccnc2)c1. The van der Waals surface area contributed by atoms with E-state index >= 15 is 0 Å². The van der Waals surface area contributed by atoms with Crippen LogP contribution in [-0.2, 0) is 11.3 Å². The minimum absolute atomic E-state index is 0.290.